The SMILES string of the molecule is Cc1cc(Nc2ncc(C)s2)nc(C2CCN(CC(=O)Nc3c(F)cccc3F)CC2)n1. The lowest BCUT2D eigenvalue weighted by atomic mass is 9.96. The maximum Gasteiger partial charge on any atom is 0.238 e. The zero-order chi connectivity index (χ0) is 22.7. The molecule has 1 aliphatic heterocycles. The normalized spacial score (nSPS) is 15.0. The van der Waals surface area contributed by atoms with Gasteiger partial charge in [-0.2, -0.15) is 0 Å². The molecule has 1 saturated heterocycles. The number of carbonyl (C=O) groups excluding carboxylic acids is 1. The highest BCUT2D eigenvalue weighted by molar-refractivity contribution is 7.15. The molecule has 3 heterocycles. The molecule has 0 atom stereocenters. The number of rotatable bonds is 6. The van der Waals surface area contributed by atoms with Crippen LogP contribution in [0.15, 0.2) is 30.5 Å². The van der Waals surface area contributed by atoms with Crippen molar-refractivity contribution in [2.45, 2.75) is 32.6 Å². The maximum absolute atomic E-state index is 13.7. The molecule has 0 radical (unpaired) electrons. The molecule has 0 spiro atoms. The first-order valence-corrected chi connectivity index (χ1v) is 11.2. The van der Waals surface area contributed by atoms with Crippen LogP contribution in [-0.2, 0) is 4.79 Å². The molecular formula is C22H24F2N6OS. The van der Waals surface area contributed by atoms with Crippen LogP contribution in [0.3, 0.4) is 0 Å². The number of nitrogens with one attached hydrogen (secondary N) is 2. The minimum absolute atomic E-state index is 0.0748. The first kappa shape index (κ1) is 22.2. The van der Waals surface area contributed by atoms with Crippen LogP contribution in [0.4, 0.5) is 25.4 Å². The second-order valence-electron chi connectivity index (χ2n) is 7.85. The van der Waals surface area contributed by atoms with Crippen LogP contribution in [0.5, 0.6) is 0 Å². The van der Waals surface area contributed by atoms with Crippen molar-refractivity contribution in [2.75, 3.05) is 30.3 Å². The minimum atomic E-state index is -0.786. The van der Waals surface area contributed by atoms with Crippen molar-refractivity contribution in [3.8, 4) is 0 Å². The second-order valence-corrected chi connectivity index (χ2v) is 9.08. The molecule has 10 heteroatoms. The van der Waals surface area contributed by atoms with Gasteiger partial charge in [-0.15, -0.1) is 11.3 Å². The summed E-state index contributed by atoms with van der Waals surface area (Å²) < 4.78 is 27.5. The third kappa shape index (κ3) is 5.43. The minimum Gasteiger partial charge on any atom is -0.320 e. The summed E-state index contributed by atoms with van der Waals surface area (Å²) in [5.74, 6) is -0.341. The van der Waals surface area contributed by atoms with E-state index in [9.17, 15) is 13.6 Å². The largest absolute Gasteiger partial charge is 0.320 e. The van der Waals surface area contributed by atoms with Gasteiger partial charge >= 0.3 is 0 Å². The number of anilines is 3. The van der Waals surface area contributed by atoms with Crippen LogP contribution in [0.25, 0.3) is 0 Å². The highest BCUT2D eigenvalue weighted by Gasteiger charge is 2.25. The molecule has 2 aromatic heterocycles. The van der Waals surface area contributed by atoms with E-state index in [1.54, 1.807) is 11.3 Å². The van der Waals surface area contributed by atoms with Gasteiger partial charge in [0.1, 0.15) is 29.0 Å². The van der Waals surface area contributed by atoms with Crippen LogP contribution in [0.1, 0.15) is 35.2 Å². The Morgan fingerprint density at radius 2 is 1.91 bits per heavy atom. The van der Waals surface area contributed by atoms with E-state index in [0.717, 1.165) is 52.3 Å². The van der Waals surface area contributed by atoms with Crippen LogP contribution in [-0.4, -0.2) is 45.4 Å². The second kappa shape index (κ2) is 9.66. The number of para-hydroxylation sites is 1. The van der Waals surface area contributed by atoms with E-state index in [4.69, 9.17) is 0 Å². The number of carbonyl (C=O) groups is 1. The van der Waals surface area contributed by atoms with Gasteiger partial charge in [-0.25, -0.2) is 23.7 Å². The Balaban J connectivity index is 1.34. The fraction of sp³-hybridized carbons (Fsp3) is 0.364. The molecule has 0 saturated carbocycles. The third-order valence-corrected chi connectivity index (χ3v) is 6.10. The topological polar surface area (TPSA) is 83.0 Å². The molecule has 0 unspecified atom stereocenters. The first-order chi connectivity index (χ1) is 15.4. The van der Waals surface area contributed by atoms with Gasteiger partial charge in [0.05, 0.1) is 6.54 Å². The summed E-state index contributed by atoms with van der Waals surface area (Å²) in [4.78, 5) is 29.0. The predicted molar refractivity (Wildman–Crippen MR) is 120 cm³/mol. The molecule has 1 amide bonds. The van der Waals surface area contributed by atoms with Crippen molar-refractivity contribution in [3.63, 3.8) is 0 Å². The number of thiazole rings is 1. The Labute approximate surface area is 188 Å². The average Bonchev–Trinajstić information content (AvgIpc) is 3.15. The number of amides is 1. The van der Waals surface area contributed by atoms with Crippen LogP contribution >= 0.6 is 11.3 Å². The number of piperidine rings is 1. The van der Waals surface area contributed by atoms with E-state index in [2.05, 4.69) is 25.6 Å². The zero-order valence-corrected chi connectivity index (χ0v) is 18.7. The summed E-state index contributed by atoms with van der Waals surface area (Å²) in [6.45, 7) is 5.35. The van der Waals surface area contributed by atoms with Crippen LogP contribution in [0.2, 0.25) is 0 Å². The quantitative estimate of drug-likeness (QED) is 0.570. The Morgan fingerprint density at radius 1 is 1.19 bits per heavy atom. The van der Waals surface area contributed by atoms with Crippen molar-refractivity contribution in [1.29, 1.82) is 0 Å². The molecule has 0 bridgehead atoms. The Morgan fingerprint density at radius 3 is 2.56 bits per heavy atom. The molecule has 7 nitrogen and oxygen atoms in total. The van der Waals surface area contributed by atoms with Gasteiger partial charge in [0.2, 0.25) is 5.91 Å². The van der Waals surface area contributed by atoms with E-state index in [0.29, 0.717) is 13.1 Å². The number of hydrogen-bond acceptors (Lipinski definition) is 7. The number of benzene rings is 1. The lowest BCUT2D eigenvalue weighted by Crippen LogP contribution is -2.39. The summed E-state index contributed by atoms with van der Waals surface area (Å²) in [5, 5.41) is 6.37. The van der Waals surface area contributed by atoms with Gasteiger partial charge in [-0.05, 0) is 51.9 Å². The number of likely N-dealkylation sites (tertiary alicyclic amines) is 1. The van der Waals surface area contributed by atoms with Gasteiger partial charge in [0.15, 0.2) is 5.13 Å². The van der Waals surface area contributed by atoms with Crippen molar-refractivity contribution in [1.82, 2.24) is 19.9 Å². The van der Waals surface area contributed by atoms with E-state index < -0.39 is 23.2 Å². The first-order valence-electron chi connectivity index (χ1n) is 10.4. The summed E-state index contributed by atoms with van der Waals surface area (Å²) in [5.41, 5.74) is 0.468. The number of hydrogen-bond donors (Lipinski definition) is 2. The third-order valence-electron chi connectivity index (χ3n) is 5.27. The van der Waals surface area contributed by atoms with Gasteiger partial charge in [-0.3, -0.25) is 9.69 Å². The van der Waals surface area contributed by atoms with Crippen molar-refractivity contribution < 1.29 is 13.6 Å². The van der Waals surface area contributed by atoms with E-state index in [-0.39, 0.29) is 12.5 Å². The fourth-order valence-corrected chi connectivity index (χ4v) is 4.38. The number of aromatic nitrogens is 3. The standard InChI is InChI=1S/C22H24F2N6OS/c1-13-10-18(28-22-25-11-14(2)32-22)27-21(26-13)15-6-8-30(9-7-15)12-19(31)29-20-16(23)4-3-5-17(20)24/h3-5,10-11,15H,6-9,12H2,1-2H3,(H,29,31)(H,25,26,27,28). The number of nitrogens with zero attached hydrogens (tertiary/aromatic N) is 4. The maximum atomic E-state index is 13.7. The van der Waals surface area contributed by atoms with Crippen molar-refractivity contribution in [3.05, 3.63) is 58.5 Å². The number of aryl methyl sites for hydroxylation is 2. The van der Waals surface area contributed by atoms with Crippen LogP contribution < -0.4 is 10.6 Å². The predicted octanol–water partition coefficient (Wildman–Crippen LogP) is 4.39. The molecule has 1 fully saturated rings. The van der Waals surface area contributed by atoms with Gasteiger partial charge < -0.3 is 10.6 Å². The van der Waals surface area contributed by atoms with Gasteiger partial charge in [0.25, 0.3) is 0 Å². The molecule has 32 heavy (non-hydrogen) atoms. The van der Waals surface area contributed by atoms with E-state index >= 15 is 0 Å². The highest BCUT2D eigenvalue weighted by Crippen LogP contribution is 2.28. The molecule has 1 aromatic carbocycles. The summed E-state index contributed by atoms with van der Waals surface area (Å²) in [6, 6.07) is 5.38. The number of halogens is 2. The molecular weight excluding hydrogens is 434 g/mol. The average molecular weight is 459 g/mol. The summed E-state index contributed by atoms with van der Waals surface area (Å²) in [7, 11) is 0. The molecule has 4 rings (SSSR count). The highest BCUT2D eigenvalue weighted by atomic mass is 32.1. The molecule has 168 valence electrons. The molecule has 0 aliphatic carbocycles. The van der Waals surface area contributed by atoms with E-state index in [1.165, 1.54) is 6.07 Å². The lowest BCUT2D eigenvalue weighted by Gasteiger charge is -2.30. The molecule has 2 N–H and O–H groups in total. The lowest BCUT2D eigenvalue weighted by molar-refractivity contribution is -0.117. The van der Waals surface area contributed by atoms with Gasteiger partial charge in [-0.1, -0.05) is 6.07 Å². The van der Waals surface area contributed by atoms with Crippen molar-refractivity contribution in [2.24, 2.45) is 0 Å². The Bertz CT molecular complexity index is 1090. The Hall–Kier alpha value is -2.98. The van der Waals surface area contributed by atoms with Crippen molar-refractivity contribution >= 4 is 33.9 Å². The van der Waals surface area contributed by atoms with E-state index in [1.807, 2.05) is 31.0 Å². The zero-order valence-electron chi connectivity index (χ0n) is 17.9. The summed E-state index contributed by atoms with van der Waals surface area (Å²) in [6.07, 6.45) is 3.40. The smallest absolute Gasteiger partial charge is 0.238 e. The Kier molecular flexibility index (Phi) is 6.71. The fourth-order valence-electron chi connectivity index (χ4n) is 3.71. The molecule has 3 aromatic rings. The van der Waals surface area contributed by atoms with Crippen LogP contribution in [0, 0.1) is 25.5 Å². The molecule has 1 aliphatic rings. The monoisotopic (exact) mass is 458 g/mol. The van der Waals surface area contributed by atoms with Gasteiger partial charge in [0, 0.05) is 28.8 Å². The summed E-state index contributed by atoms with van der Waals surface area (Å²) >= 11 is 1.56.